The van der Waals surface area contributed by atoms with Crippen LogP contribution in [-0.2, 0) is 0 Å². The van der Waals surface area contributed by atoms with Crippen LogP contribution in [0.5, 0.6) is 0 Å². The molecule has 3 nitrogen and oxygen atoms in total. The number of pyridine rings is 1. The monoisotopic (exact) mass is 315 g/mol. The van der Waals surface area contributed by atoms with E-state index < -0.39 is 0 Å². The van der Waals surface area contributed by atoms with E-state index in [0.29, 0.717) is 0 Å². The molecule has 0 aliphatic carbocycles. The maximum absolute atomic E-state index is 4.70. The van der Waals surface area contributed by atoms with E-state index in [1.54, 1.807) is 0 Å². The average Bonchev–Trinajstić information content (AvgIpc) is 2.82. The van der Waals surface area contributed by atoms with Crippen LogP contribution < -0.4 is 9.80 Å². The first-order valence-corrected chi connectivity index (χ1v) is 8.27. The molecule has 0 radical (unpaired) electrons. The van der Waals surface area contributed by atoms with E-state index in [-0.39, 0.29) is 5.66 Å². The Balaban J connectivity index is 1.96. The summed E-state index contributed by atoms with van der Waals surface area (Å²) in [5, 5.41) is 0. The molecule has 0 atom stereocenters. The zero-order valence-corrected chi connectivity index (χ0v) is 14.3. The van der Waals surface area contributed by atoms with E-state index >= 15 is 0 Å². The molecule has 0 saturated carbocycles. The summed E-state index contributed by atoms with van der Waals surface area (Å²) in [6.45, 7) is 6.65. The van der Waals surface area contributed by atoms with Gasteiger partial charge in [-0.1, -0.05) is 36.4 Å². The topological polar surface area (TPSA) is 19.4 Å². The summed E-state index contributed by atoms with van der Waals surface area (Å²) in [5.41, 5.74) is 4.51. The normalized spacial score (nSPS) is 15.5. The van der Waals surface area contributed by atoms with Crippen molar-refractivity contribution >= 4 is 22.9 Å². The second-order valence-electron chi connectivity index (χ2n) is 6.63. The minimum absolute atomic E-state index is 0.260. The number of nitrogens with zero attached hydrogens (tertiary/aromatic N) is 3. The van der Waals surface area contributed by atoms with Crippen LogP contribution in [0.4, 0.5) is 22.9 Å². The van der Waals surface area contributed by atoms with Crippen molar-refractivity contribution < 1.29 is 0 Å². The zero-order chi connectivity index (χ0) is 16.7. The number of rotatable bonds is 2. The van der Waals surface area contributed by atoms with Gasteiger partial charge in [0.2, 0.25) is 0 Å². The van der Waals surface area contributed by atoms with Crippen molar-refractivity contribution in [2.45, 2.75) is 26.4 Å². The van der Waals surface area contributed by atoms with E-state index in [2.05, 4.69) is 85.2 Å². The van der Waals surface area contributed by atoms with Crippen LogP contribution in [0, 0.1) is 6.92 Å². The van der Waals surface area contributed by atoms with Gasteiger partial charge in [0.05, 0.1) is 5.69 Å². The number of aromatic nitrogens is 1. The lowest BCUT2D eigenvalue weighted by atomic mass is 10.1. The molecule has 4 rings (SSSR count). The Hall–Kier alpha value is -2.81. The van der Waals surface area contributed by atoms with Crippen LogP contribution in [0.15, 0.2) is 72.9 Å². The van der Waals surface area contributed by atoms with E-state index in [0.717, 1.165) is 17.2 Å². The molecule has 0 unspecified atom stereocenters. The molecule has 1 aliphatic heterocycles. The van der Waals surface area contributed by atoms with Gasteiger partial charge in [-0.25, -0.2) is 4.98 Å². The zero-order valence-electron chi connectivity index (χ0n) is 14.3. The summed E-state index contributed by atoms with van der Waals surface area (Å²) in [6.07, 6.45) is 1.87. The van der Waals surface area contributed by atoms with Gasteiger partial charge in [0, 0.05) is 17.6 Å². The van der Waals surface area contributed by atoms with Crippen LogP contribution in [-0.4, -0.2) is 10.6 Å². The van der Waals surface area contributed by atoms with Gasteiger partial charge in [-0.3, -0.25) is 0 Å². The number of fused-ring (bicyclic) bond motifs is 1. The minimum atomic E-state index is -0.260. The van der Waals surface area contributed by atoms with Crippen LogP contribution >= 0.6 is 0 Å². The Morgan fingerprint density at radius 1 is 0.750 bits per heavy atom. The average molecular weight is 315 g/mol. The molecule has 24 heavy (non-hydrogen) atoms. The summed E-state index contributed by atoms with van der Waals surface area (Å²) in [6, 6.07) is 23.2. The van der Waals surface area contributed by atoms with Gasteiger partial charge in [-0.2, -0.15) is 0 Å². The van der Waals surface area contributed by atoms with Crippen molar-refractivity contribution in [2.24, 2.45) is 0 Å². The summed E-state index contributed by atoms with van der Waals surface area (Å²) >= 11 is 0. The Kier molecular flexibility index (Phi) is 3.31. The molecule has 3 heteroatoms. The molecular formula is C21H21N3. The third-order valence-corrected chi connectivity index (χ3v) is 4.68. The number of para-hydroxylation sites is 2. The Morgan fingerprint density at radius 3 is 2.17 bits per heavy atom. The van der Waals surface area contributed by atoms with Crippen molar-refractivity contribution in [3.63, 3.8) is 0 Å². The fraction of sp³-hybridized carbons (Fsp3) is 0.190. The number of aryl methyl sites for hydroxylation is 1. The van der Waals surface area contributed by atoms with Crippen molar-refractivity contribution in [1.82, 2.24) is 4.98 Å². The Labute approximate surface area is 143 Å². The first-order valence-electron chi connectivity index (χ1n) is 8.27. The maximum Gasteiger partial charge on any atom is 0.159 e. The molecule has 0 saturated heterocycles. The predicted molar refractivity (Wildman–Crippen MR) is 100 cm³/mol. The molecule has 0 spiro atoms. The second-order valence-corrected chi connectivity index (χ2v) is 6.63. The molecule has 0 bridgehead atoms. The van der Waals surface area contributed by atoms with Crippen molar-refractivity contribution in [3.8, 4) is 0 Å². The Morgan fingerprint density at radius 2 is 1.42 bits per heavy atom. The van der Waals surface area contributed by atoms with Crippen molar-refractivity contribution in [2.75, 3.05) is 9.80 Å². The number of hydrogen-bond donors (Lipinski definition) is 0. The smallest absolute Gasteiger partial charge is 0.159 e. The lowest BCUT2D eigenvalue weighted by Crippen LogP contribution is -2.48. The first kappa shape index (κ1) is 14.8. The molecule has 1 aromatic heterocycles. The molecule has 2 heterocycles. The Bertz CT molecular complexity index is 871. The molecular weight excluding hydrogens is 294 g/mol. The lowest BCUT2D eigenvalue weighted by Gasteiger charge is -2.40. The molecule has 1 aliphatic rings. The van der Waals surface area contributed by atoms with Gasteiger partial charge in [0.1, 0.15) is 5.66 Å². The summed E-state index contributed by atoms with van der Waals surface area (Å²) in [7, 11) is 0. The first-order chi connectivity index (χ1) is 11.6. The third kappa shape index (κ3) is 2.08. The highest BCUT2D eigenvalue weighted by atomic mass is 15.5. The van der Waals surface area contributed by atoms with E-state index in [1.165, 1.54) is 11.3 Å². The highest BCUT2D eigenvalue weighted by Crippen LogP contribution is 2.51. The van der Waals surface area contributed by atoms with Crippen LogP contribution in [0.2, 0.25) is 0 Å². The minimum Gasteiger partial charge on any atom is -0.314 e. The SMILES string of the molecule is Cc1ccccc1N1c2cccnc2N(c2ccccc2)C1(C)C. The highest BCUT2D eigenvalue weighted by molar-refractivity contribution is 5.88. The highest BCUT2D eigenvalue weighted by Gasteiger charge is 2.45. The number of anilines is 4. The van der Waals surface area contributed by atoms with Gasteiger partial charge in [0.15, 0.2) is 5.82 Å². The quantitative estimate of drug-likeness (QED) is 0.630. The summed E-state index contributed by atoms with van der Waals surface area (Å²) < 4.78 is 0. The summed E-state index contributed by atoms with van der Waals surface area (Å²) in [5.74, 6) is 0.997. The van der Waals surface area contributed by atoms with Crippen LogP contribution in [0.1, 0.15) is 19.4 Å². The van der Waals surface area contributed by atoms with Gasteiger partial charge in [0.25, 0.3) is 0 Å². The molecule has 120 valence electrons. The van der Waals surface area contributed by atoms with E-state index in [1.807, 2.05) is 18.3 Å². The largest absolute Gasteiger partial charge is 0.314 e. The van der Waals surface area contributed by atoms with Crippen LogP contribution in [0.25, 0.3) is 0 Å². The third-order valence-electron chi connectivity index (χ3n) is 4.68. The molecule has 0 amide bonds. The van der Waals surface area contributed by atoms with Crippen molar-refractivity contribution in [1.29, 1.82) is 0 Å². The predicted octanol–water partition coefficient (Wildman–Crippen LogP) is 5.42. The molecule has 3 aromatic rings. The van der Waals surface area contributed by atoms with Gasteiger partial charge < -0.3 is 9.80 Å². The fourth-order valence-corrected chi connectivity index (χ4v) is 3.64. The molecule has 0 fully saturated rings. The van der Waals surface area contributed by atoms with Crippen molar-refractivity contribution in [3.05, 3.63) is 78.5 Å². The van der Waals surface area contributed by atoms with Gasteiger partial charge in [-0.15, -0.1) is 0 Å². The van der Waals surface area contributed by atoms with Gasteiger partial charge >= 0.3 is 0 Å². The summed E-state index contributed by atoms with van der Waals surface area (Å²) in [4.78, 5) is 9.40. The molecule has 0 N–H and O–H groups in total. The second kappa shape index (κ2) is 5.38. The lowest BCUT2D eigenvalue weighted by molar-refractivity contribution is 0.537. The van der Waals surface area contributed by atoms with Crippen LogP contribution in [0.3, 0.4) is 0 Å². The number of hydrogen-bond acceptors (Lipinski definition) is 3. The fourth-order valence-electron chi connectivity index (χ4n) is 3.64. The number of benzene rings is 2. The maximum atomic E-state index is 4.70. The standard InChI is InChI=1S/C21H21N3/c1-16-10-7-8-13-18(16)24-19-14-9-15-22-20(19)23(21(24,2)3)17-11-5-4-6-12-17/h4-15H,1-3H3. The van der Waals surface area contributed by atoms with E-state index in [4.69, 9.17) is 4.98 Å². The van der Waals surface area contributed by atoms with Gasteiger partial charge in [-0.05, 0) is 56.7 Å². The van der Waals surface area contributed by atoms with E-state index in [9.17, 15) is 0 Å². The molecule has 2 aromatic carbocycles.